The first-order chi connectivity index (χ1) is 9.72. The predicted octanol–water partition coefficient (Wildman–Crippen LogP) is 3.50. The molecule has 0 aromatic heterocycles. The minimum absolute atomic E-state index is 0.826. The van der Waals surface area contributed by atoms with Crippen LogP contribution in [0.15, 0.2) is 53.5 Å². The Morgan fingerprint density at radius 2 is 1.35 bits per heavy atom. The monoisotopic (exact) mass is 270 g/mol. The van der Waals surface area contributed by atoms with Crippen LogP contribution in [0.4, 0.5) is 11.4 Å². The third kappa shape index (κ3) is 3.51. The molecule has 2 aromatic carbocycles. The number of methoxy groups -OCH3 is 2. The van der Waals surface area contributed by atoms with Crippen molar-refractivity contribution in [3.8, 4) is 11.5 Å². The minimum Gasteiger partial charge on any atom is -0.497 e. The van der Waals surface area contributed by atoms with Gasteiger partial charge in [0.1, 0.15) is 11.5 Å². The van der Waals surface area contributed by atoms with Crippen LogP contribution in [0.5, 0.6) is 11.5 Å². The van der Waals surface area contributed by atoms with E-state index in [1.54, 1.807) is 20.6 Å². The Hall–Kier alpha value is -2.49. The average Bonchev–Trinajstić information content (AvgIpc) is 2.53. The summed E-state index contributed by atoms with van der Waals surface area (Å²) in [4.78, 5) is 6.36. The van der Waals surface area contributed by atoms with E-state index < -0.39 is 0 Å². The molecular weight excluding hydrogens is 252 g/mol. The Labute approximate surface area is 119 Å². The average molecular weight is 270 g/mol. The summed E-state index contributed by atoms with van der Waals surface area (Å²) in [5.41, 5.74) is 1.93. The van der Waals surface area contributed by atoms with Crippen molar-refractivity contribution in [3.63, 3.8) is 0 Å². The van der Waals surface area contributed by atoms with E-state index in [-0.39, 0.29) is 0 Å². The van der Waals surface area contributed by atoms with Crippen LogP contribution in [0.1, 0.15) is 0 Å². The normalized spacial score (nSPS) is 10.6. The largest absolute Gasteiger partial charge is 0.497 e. The number of hydrogen-bond acceptors (Lipinski definition) is 3. The lowest BCUT2D eigenvalue weighted by Crippen LogP contribution is -2.13. The van der Waals surface area contributed by atoms with Crippen molar-refractivity contribution >= 4 is 17.7 Å². The number of rotatable bonds is 5. The van der Waals surface area contributed by atoms with Crippen molar-refractivity contribution in [2.75, 3.05) is 26.2 Å². The summed E-state index contributed by atoms with van der Waals surface area (Å²) in [5.74, 6) is 1.67. The molecule has 104 valence electrons. The van der Waals surface area contributed by atoms with Crippen LogP contribution in [-0.2, 0) is 0 Å². The fourth-order valence-electron chi connectivity index (χ4n) is 1.71. The molecule has 2 aromatic rings. The van der Waals surface area contributed by atoms with Gasteiger partial charge in [-0.2, -0.15) is 0 Å². The van der Waals surface area contributed by atoms with Gasteiger partial charge < -0.3 is 14.4 Å². The second-order valence-corrected chi connectivity index (χ2v) is 4.25. The van der Waals surface area contributed by atoms with Crippen molar-refractivity contribution < 1.29 is 9.47 Å². The molecule has 0 aliphatic carbocycles. The van der Waals surface area contributed by atoms with E-state index in [0.717, 1.165) is 22.9 Å². The van der Waals surface area contributed by atoms with E-state index in [1.165, 1.54) is 0 Å². The number of aliphatic imine (C=N–C) groups is 1. The lowest BCUT2D eigenvalue weighted by Gasteiger charge is -2.13. The molecule has 0 fully saturated rings. The molecule has 0 radical (unpaired) electrons. The van der Waals surface area contributed by atoms with Gasteiger partial charge in [-0.25, -0.2) is 4.99 Å². The van der Waals surface area contributed by atoms with Gasteiger partial charge >= 0.3 is 0 Å². The van der Waals surface area contributed by atoms with Crippen molar-refractivity contribution in [2.24, 2.45) is 4.99 Å². The quantitative estimate of drug-likeness (QED) is 0.616. The summed E-state index contributed by atoms with van der Waals surface area (Å²) in [6.45, 7) is 0. The molecule has 0 unspecified atom stereocenters. The van der Waals surface area contributed by atoms with E-state index in [4.69, 9.17) is 9.47 Å². The van der Waals surface area contributed by atoms with Gasteiger partial charge in [0.15, 0.2) is 0 Å². The molecule has 0 spiro atoms. The molecule has 0 amide bonds. The maximum absolute atomic E-state index is 5.14. The van der Waals surface area contributed by atoms with Gasteiger partial charge in [-0.15, -0.1) is 0 Å². The Morgan fingerprint density at radius 1 is 0.850 bits per heavy atom. The Balaban J connectivity index is 2.04. The summed E-state index contributed by atoms with van der Waals surface area (Å²) in [6, 6.07) is 15.4. The molecule has 4 heteroatoms. The molecule has 0 N–H and O–H groups in total. The van der Waals surface area contributed by atoms with Crippen molar-refractivity contribution in [3.05, 3.63) is 48.5 Å². The molecule has 0 aliphatic rings. The highest BCUT2D eigenvalue weighted by Crippen LogP contribution is 2.19. The van der Waals surface area contributed by atoms with E-state index in [0.29, 0.717) is 0 Å². The van der Waals surface area contributed by atoms with Crippen LogP contribution in [0.25, 0.3) is 0 Å². The van der Waals surface area contributed by atoms with E-state index >= 15 is 0 Å². The summed E-state index contributed by atoms with van der Waals surface area (Å²) in [5, 5.41) is 0. The fourth-order valence-corrected chi connectivity index (χ4v) is 1.71. The van der Waals surface area contributed by atoms with Crippen LogP contribution in [0.3, 0.4) is 0 Å². The molecule has 0 bridgehead atoms. The van der Waals surface area contributed by atoms with Crippen LogP contribution >= 0.6 is 0 Å². The summed E-state index contributed by atoms with van der Waals surface area (Å²) in [6.07, 6.45) is 1.78. The second-order valence-electron chi connectivity index (χ2n) is 4.25. The van der Waals surface area contributed by atoms with Crippen LogP contribution in [0.2, 0.25) is 0 Å². The fraction of sp³-hybridized carbons (Fsp3) is 0.188. The van der Waals surface area contributed by atoms with E-state index in [9.17, 15) is 0 Å². The SMILES string of the molecule is COc1ccc(N=CN(C)c2ccc(OC)cc2)cc1. The molecule has 2 rings (SSSR count). The van der Waals surface area contributed by atoms with Gasteiger partial charge in [-0.3, -0.25) is 0 Å². The molecule has 0 atom stereocenters. The highest BCUT2D eigenvalue weighted by molar-refractivity contribution is 5.80. The minimum atomic E-state index is 0.826. The topological polar surface area (TPSA) is 34.1 Å². The Bertz CT molecular complexity index is 562. The number of nitrogens with zero attached hydrogens (tertiary/aromatic N) is 2. The van der Waals surface area contributed by atoms with Gasteiger partial charge in [0.25, 0.3) is 0 Å². The molecule has 0 heterocycles. The standard InChI is InChI=1S/C16H18N2O2/c1-18(14-6-10-16(20-3)11-7-14)12-17-13-4-8-15(19-2)9-5-13/h4-12H,1-3H3. The van der Waals surface area contributed by atoms with Gasteiger partial charge in [-0.05, 0) is 48.5 Å². The molecule has 0 saturated heterocycles. The number of ether oxygens (including phenoxy) is 2. The molecule has 20 heavy (non-hydrogen) atoms. The molecule has 0 aliphatic heterocycles. The van der Waals surface area contributed by atoms with E-state index in [1.807, 2.05) is 60.5 Å². The molecule has 0 saturated carbocycles. The summed E-state index contributed by atoms with van der Waals surface area (Å²) < 4.78 is 10.2. The number of hydrogen-bond donors (Lipinski definition) is 0. The van der Waals surface area contributed by atoms with Gasteiger partial charge in [-0.1, -0.05) is 0 Å². The van der Waals surface area contributed by atoms with Gasteiger partial charge in [0.2, 0.25) is 0 Å². The molecular formula is C16H18N2O2. The summed E-state index contributed by atoms with van der Waals surface area (Å²) >= 11 is 0. The van der Waals surface area contributed by atoms with Crippen LogP contribution < -0.4 is 14.4 Å². The smallest absolute Gasteiger partial charge is 0.119 e. The lowest BCUT2D eigenvalue weighted by atomic mass is 10.3. The highest BCUT2D eigenvalue weighted by atomic mass is 16.5. The molecule has 4 nitrogen and oxygen atoms in total. The third-order valence-corrected chi connectivity index (χ3v) is 2.93. The zero-order valence-electron chi connectivity index (χ0n) is 11.9. The first kappa shape index (κ1) is 13.9. The van der Waals surface area contributed by atoms with Gasteiger partial charge in [0, 0.05) is 12.7 Å². The van der Waals surface area contributed by atoms with E-state index in [2.05, 4.69) is 4.99 Å². The number of benzene rings is 2. The predicted molar refractivity (Wildman–Crippen MR) is 82.5 cm³/mol. The van der Waals surface area contributed by atoms with Crippen molar-refractivity contribution in [1.82, 2.24) is 0 Å². The van der Waals surface area contributed by atoms with Crippen molar-refractivity contribution in [1.29, 1.82) is 0 Å². The maximum Gasteiger partial charge on any atom is 0.119 e. The zero-order valence-corrected chi connectivity index (χ0v) is 11.9. The Kier molecular flexibility index (Phi) is 4.60. The maximum atomic E-state index is 5.14. The second kappa shape index (κ2) is 6.61. The summed E-state index contributed by atoms with van der Waals surface area (Å²) in [7, 11) is 5.26. The highest BCUT2D eigenvalue weighted by Gasteiger charge is 1.98. The van der Waals surface area contributed by atoms with Gasteiger partial charge in [0.05, 0.1) is 26.2 Å². The van der Waals surface area contributed by atoms with Crippen LogP contribution in [0, 0.1) is 0 Å². The van der Waals surface area contributed by atoms with Crippen molar-refractivity contribution in [2.45, 2.75) is 0 Å². The third-order valence-electron chi connectivity index (χ3n) is 2.93. The first-order valence-electron chi connectivity index (χ1n) is 6.28. The van der Waals surface area contributed by atoms with Crippen LogP contribution in [-0.4, -0.2) is 27.6 Å². The Morgan fingerprint density at radius 3 is 1.85 bits per heavy atom. The first-order valence-corrected chi connectivity index (χ1v) is 6.28. The lowest BCUT2D eigenvalue weighted by molar-refractivity contribution is 0.415. The number of anilines is 1. The zero-order chi connectivity index (χ0) is 14.4.